The molecule has 3 aromatic carbocycles. The van der Waals surface area contributed by atoms with E-state index in [1.807, 2.05) is 48.5 Å². The van der Waals surface area contributed by atoms with E-state index in [-0.39, 0.29) is 11.6 Å². The number of nitrogens with zero attached hydrogens (tertiary/aromatic N) is 2. The van der Waals surface area contributed by atoms with E-state index in [4.69, 9.17) is 0 Å². The summed E-state index contributed by atoms with van der Waals surface area (Å²) in [5.41, 5.74) is 7.01. The van der Waals surface area contributed by atoms with E-state index in [9.17, 15) is 0 Å². The van der Waals surface area contributed by atoms with E-state index in [1.165, 1.54) is 11.7 Å². The first-order chi connectivity index (χ1) is 21.1. The van der Waals surface area contributed by atoms with Gasteiger partial charge in [0.05, 0.1) is 11.7 Å². The van der Waals surface area contributed by atoms with E-state index in [0.29, 0.717) is 11.1 Å². The van der Waals surface area contributed by atoms with Gasteiger partial charge in [-0.1, -0.05) is 75.9 Å². The second-order valence-electron chi connectivity index (χ2n) is 11.0. The highest BCUT2D eigenvalue weighted by Gasteiger charge is 2.18. The normalized spacial score (nSPS) is 11.5. The molecule has 0 fully saturated rings. The Morgan fingerprint density at radius 2 is 0.907 bits per heavy atom. The Kier molecular flexibility index (Phi) is 9.41. The summed E-state index contributed by atoms with van der Waals surface area (Å²) in [6.07, 6.45) is 8.63. The molecule has 0 radical (unpaired) electrons. The second kappa shape index (κ2) is 13.6. The SMILES string of the molecule is CCCCCc1ccc(-c2ccc(-c3ccc(-c4ccc(-c5ccc(CCCCC)cc5F)s4)c4nsnc34)s2)c(F)c1. The molecular weight excluding hydrogens is 595 g/mol. The average molecular weight is 629 g/mol. The van der Waals surface area contributed by atoms with Crippen LogP contribution in [0.2, 0.25) is 0 Å². The van der Waals surface area contributed by atoms with Crippen molar-refractivity contribution in [1.82, 2.24) is 8.75 Å². The van der Waals surface area contributed by atoms with Gasteiger partial charge in [-0.25, -0.2) is 8.78 Å². The standard InChI is InChI=1S/C36H34F2N2S3/c1-3-5-7-9-23-11-13-25(29(37)21-23)31-17-19-33(41-31)27-15-16-28(36-35(27)39-43-40-36)34-20-18-32(42-34)26-14-12-24(22-30(26)38)10-8-6-4-2/h11-22H,3-10H2,1-2H3. The summed E-state index contributed by atoms with van der Waals surface area (Å²) >= 11 is 4.33. The van der Waals surface area contributed by atoms with Crippen LogP contribution in [-0.4, -0.2) is 8.75 Å². The molecule has 0 saturated carbocycles. The minimum absolute atomic E-state index is 0.172. The lowest BCUT2D eigenvalue weighted by Gasteiger charge is -2.06. The first-order valence-electron chi connectivity index (χ1n) is 15.1. The third-order valence-electron chi connectivity index (χ3n) is 7.89. The molecular formula is C36H34F2N2S3. The molecule has 0 saturated heterocycles. The van der Waals surface area contributed by atoms with E-state index in [0.717, 1.165) is 104 Å². The van der Waals surface area contributed by atoms with Crippen LogP contribution >= 0.6 is 34.4 Å². The van der Waals surface area contributed by atoms with E-state index < -0.39 is 0 Å². The lowest BCUT2D eigenvalue weighted by molar-refractivity contribution is 0.626. The Hall–Kier alpha value is -3.26. The van der Waals surface area contributed by atoms with Crippen molar-refractivity contribution in [1.29, 1.82) is 0 Å². The van der Waals surface area contributed by atoms with Crippen LogP contribution < -0.4 is 0 Å². The van der Waals surface area contributed by atoms with E-state index >= 15 is 8.78 Å². The lowest BCUT2D eigenvalue weighted by atomic mass is 10.0. The molecule has 0 unspecified atom stereocenters. The number of aryl methyl sites for hydroxylation is 2. The highest BCUT2D eigenvalue weighted by Crippen LogP contribution is 2.43. The van der Waals surface area contributed by atoms with Crippen molar-refractivity contribution in [2.75, 3.05) is 0 Å². The number of rotatable bonds is 12. The number of aromatic nitrogens is 2. The molecule has 6 rings (SSSR count). The molecule has 3 heterocycles. The molecule has 6 aromatic rings. The predicted molar refractivity (Wildman–Crippen MR) is 181 cm³/mol. The Morgan fingerprint density at radius 1 is 0.512 bits per heavy atom. The van der Waals surface area contributed by atoms with E-state index in [2.05, 4.69) is 34.7 Å². The smallest absolute Gasteiger partial charge is 0.132 e. The van der Waals surface area contributed by atoms with Crippen molar-refractivity contribution in [2.45, 2.75) is 65.2 Å². The Bertz CT molecular complexity index is 1720. The van der Waals surface area contributed by atoms with Gasteiger partial charge in [0.2, 0.25) is 0 Å². The quantitative estimate of drug-likeness (QED) is 0.126. The summed E-state index contributed by atoms with van der Waals surface area (Å²) in [4.78, 5) is 3.85. The second-order valence-corrected chi connectivity index (χ2v) is 13.7. The predicted octanol–water partition coefficient (Wildman–Crippen LogP) is 12.2. The zero-order chi connectivity index (χ0) is 29.8. The highest BCUT2D eigenvalue weighted by molar-refractivity contribution is 7.19. The monoisotopic (exact) mass is 628 g/mol. The molecule has 43 heavy (non-hydrogen) atoms. The van der Waals surface area contributed by atoms with Gasteiger partial charge in [-0.2, -0.15) is 8.75 Å². The number of fused-ring (bicyclic) bond motifs is 1. The molecule has 3 aromatic heterocycles. The molecule has 0 aliphatic carbocycles. The third kappa shape index (κ3) is 6.49. The Labute approximate surface area is 264 Å². The fraction of sp³-hybridized carbons (Fsp3) is 0.278. The van der Waals surface area contributed by atoms with Crippen molar-refractivity contribution >= 4 is 45.4 Å². The molecule has 0 bridgehead atoms. The number of hydrogen-bond donors (Lipinski definition) is 0. The van der Waals surface area contributed by atoms with Crippen molar-refractivity contribution < 1.29 is 8.78 Å². The molecule has 2 nitrogen and oxygen atoms in total. The summed E-state index contributed by atoms with van der Waals surface area (Å²) in [5, 5.41) is 0. The first-order valence-corrected chi connectivity index (χ1v) is 17.4. The van der Waals surface area contributed by atoms with Gasteiger partial charge in [-0.15, -0.1) is 22.7 Å². The zero-order valence-corrected chi connectivity index (χ0v) is 26.9. The van der Waals surface area contributed by atoms with Crippen molar-refractivity contribution in [3.63, 3.8) is 0 Å². The number of unbranched alkanes of at least 4 members (excludes halogenated alkanes) is 4. The largest absolute Gasteiger partial charge is 0.206 e. The lowest BCUT2D eigenvalue weighted by Crippen LogP contribution is -1.89. The first kappa shape index (κ1) is 29.8. The molecule has 220 valence electrons. The summed E-state index contributed by atoms with van der Waals surface area (Å²) < 4.78 is 39.5. The van der Waals surface area contributed by atoms with Crippen molar-refractivity contribution in [2.24, 2.45) is 0 Å². The van der Waals surface area contributed by atoms with Crippen molar-refractivity contribution in [3.05, 3.63) is 95.6 Å². The minimum Gasteiger partial charge on any atom is -0.206 e. The molecule has 7 heteroatoms. The summed E-state index contributed by atoms with van der Waals surface area (Å²) in [6.45, 7) is 4.36. The van der Waals surface area contributed by atoms with E-state index in [1.54, 1.807) is 34.8 Å². The van der Waals surface area contributed by atoms with Gasteiger partial charge in [0, 0.05) is 41.8 Å². The van der Waals surface area contributed by atoms with Crippen LogP contribution in [-0.2, 0) is 12.8 Å². The van der Waals surface area contributed by atoms with Gasteiger partial charge in [0.25, 0.3) is 0 Å². The van der Waals surface area contributed by atoms with Gasteiger partial charge >= 0.3 is 0 Å². The fourth-order valence-electron chi connectivity index (χ4n) is 5.51. The van der Waals surface area contributed by atoms with Gasteiger partial charge in [-0.05, 0) is 73.2 Å². The molecule has 0 aliphatic heterocycles. The summed E-state index contributed by atoms with van der Waals surface area (Å²) in [5.74, 6) is -0.344. The maximum Gasteiger partial charge on any atom is 0.132 e. The van der Waals surface area contributed by atoms with Gasteiger partial charge in [0.15, 0.2) is 0 Å². The van der Waals surface area contributed by atoms with Crippen molar-refractivity contribution in [3.8, 4) is 41.8 Å². The van der Waals surface area contributed by atoms with Crippen LogP contribution in [0, 0.1) is 11.6 Å². The maximum absolute atomic E-state index is 15.1. The third-order valence-corrected chi connectivity index (χ3v) is 10.7. The number of halogens is 2. The zero-order valence-electron chi connectivity index (χ0n) is 24.5. The Morgan fingerprint density at radius 3 is 1.30 bits per heavy atom. The van der Waals surface area contributed by atoms with Gasteiger partial charge < -0.3 is 0 Å². The van der Waals surface area contributed by atoms with Gasteiger partial charge in [-0.3, -0.25) is 0 Å². The highest BCUT2D eigenvalue weighted by atomic mass is 32.1. The van der Waals surface area contributed by atoms with Crippen LogP contribution in [0.25, 0.3) is 52.8 Å². The molecule has 0 atom stereocenters. The average Bonchev–Trinajstić information content (AvgIpc) is 3.79. The Balaban J connectivity index is 1.25. The van der Waals surface area contributed by atoms with Crippen LogP contribution in [0.3, 0.4) is 0 Å². The molecule has 0 amide bonds. The van der Waals surface area contributed by atoms with Crippen LogP contribution in [0.1, 0.15) is 63.5 Å². The van der Waals surface area contributed by atoms with Crippen LogP contribution in [0.15, 0.2) is 72.8 Å². The topological polar surface area (TPSA) is 25.8 Å². The number of benzene rings is 3. The summed E-state index contributed by atoms with van der Waals surface area (Å²) in [7, 11) is 0. The fourth-order valence-corrected chi connectivity index (χ4v) is 8.20. The number of thiophene rings is 2. The molecule has 0 spiro atoms. The van der Waals surface area contributed by atoms with Crippen LogP contribution in [0.5, 0.6) is 0 Å². The molecule has 0 aliphatic rings. The van der Waals surface area contributed by atoms with Crippen LogP contribution in [0.4, 0.5) is 8.78 Å². The number of hydrogen-bond acceptors (Lipinski definition) is 5. The minimum atomic E-state index is -0.172. The van der Waals surface area contributed by atoms with Gasteiger partial charge in [0.1, 0.15) is 22.7 Å². The summed E-state index contributed by atoms with van der Waals surface area (Å²) in [6, 6.07) is 23.5. The molecule has 0 N–H and O–H groups in total. The maximum atomic E-state index is 15.1.